The van der Waals surface area contributed by atoms with Crippen molar-refractivity contribution in [2.75, 3.05) is 7.11 Å². The molecule has 0 aliphatic rings. The Morgan fingerprint density at radius 3 is 2.83 bits per heavy atom. The molecule has 3 aromatic rings. The molecule has 90 valence electrons. The van der Waals surface area contributed by atoms with Crippen LogP contribution in [0, 0.1) is 0 Å². The van der Waals surface area contributed by atoms with Crippen LogP contribution >= 0.6 is 11.3 Å². The summed E-state index contributed by atoms with van der Waals surface area (Å²) < 4.78 is 10.8. The highest BCUT2D eigenvalue weighted by Crippen LogP contribution is 2.27. The molecule has 0 bridgehead atoms. The van der Waals surface area contributed by atoms with E-state index in [0.29, 0.717) is 15.7 Å². The molecule has 3 rings (SSSR count). The Bertz CT molecular complexity index is 813. The zero-order valence-electron chi connectivity index (χ0n) is 9.43. The molecule has 1 aromatic carbocycles. The van der Waals surface area contributed by atoms with Gasteiger partial charge in [0.05, 0.1) is 12.5 Å². The maximum absolute atomic E-state index is 12.2. The Morgan fingerprint density at radius 1 is 1.28 bits per heavy atom. The van der Waals surface area contributed by atoms with Crippen LogP contribution in [0.1, 0.15) is 10.6 Å². The van der Waals surface area contributed by atoms with Gasteiger partial charge in [0.2, 0.25) is 5.76 Å². The Labute approximate surface area is 105 Å². The van der Waals surface area contributed by atoms with Crippen LogP contribution in [0.2, 0.25) is 0 Å². The van der Waals surface area contributed by atoms with Gasteiger partial charge in [-0.1, -0.05) is 23.5 Å². The molecule has 0 amide bonds. The summed E-state index contributed by atoms with van der Waals surface area (Å²) in [5, 5.41) is 1.05. The summed E-state index contributed by atoms with van der Waals surface area (Å²) in [5.74, 6) is -0.530. The molecule has 0 saturated carbocycles. The summed E-state index contributed by atoms with van der Waals surface area (Å²) in [6, 6.07) is 8.71. The van der Waals surface area contributed by atoms with Crippen LogP contribution in [-0.4, -0.2) is 13.1 Å². The van der Waals surface area contributed by atoms with Crippen molar-refractivity contribution < 1.29 is 13.9 Å². The minimum atomic E-state index is -0.582. The molecule has 0 saturated heterocycles. The number of hydrogen-bond donors (Lipinski definition) is 0. The number of fused-ring (bicyclic) bond motifs is 2. The number of hydrogen-bond acceptors (Lipinski definition) is 5. The fraction of sp³-hybridized carbons (Fsp3) is 0.0769. The van der Waals surface area contributed by atoms with Crippen LogP contribution < -0.4 is 5.43 Å². The molecule has 0 atom stereocenters. The topological polar surface area (TPSA) is 56.5 Å². The molecule has 0 aliphatic carbocycles. The number of carbonyl (C=O) groups excluding carboxylic acids is 1. The molecule has 0 fully saturated rings. The van der Waals surface area contributed by atoms with Crippen molar-refractivity contribution in [3.05, 3.63) is 46.3 Å². The van der Waals surface area contributed by atoms with E-state index in [2.05, 4.69) is 4.74 Å². The SMILES string of the molecule is COC(=O)c1cc2c(=O)c3ccccc3sc2o1. The molecule has 0 radical (unpaired) electrons. The second-order valence-electron chi connectivity index (χ2n) is 3.73. The molecule has 0 aliphatic heterocycles. The van der Waals surface area contributed by atoms with Gasteiger partial charge < -0.3 is 9.15 Å². The minimum absolute atomic E-state index is 0.0520. The zero-order chi connectivity index (χ0) is 12.7. The van der Waals surface area contributed by atoms with E-state index < -0.39 is 5.97 Å². The Morgan fingerprint density at radius 2 is 2.06 bits per heavy atom. The summed E-state index contributed by atoms with van der Waals surface area (Å²) in [6.07, 6.45) is 0. The van der Waals surface area contributed by atoms with Crippen LogP contribution in [0.15, 0.2) is 39.5 Å². The number of furan rings is 1. The van der Waals surface area contributed by atoms with Crippen LogP contribution in [0.25, 0.3) is 20.4 Å². The number of rotatable bonds is 1. The maximum Gasteiger partial charge on any atom is 0.374 e. The van der Waals surface area contributed by atoms with Crippen molar-refractivity contribution in [1.82, 2.24) is 0 Å². The third-order valence-corrected chi connectivity index (χ3v) is 3.73. The van der Waals surface area contributed by atoms with Gasteiger partial charge in [-0.3, -0.25) is 4.79 Å². The van der Waals surface area contributed by atoms with Gasteiger partial charge in [0.1, 0.15) is 0 Å². The van der Waals surface area contributed by atoms with Gasteiger partial charge >= 0.3 is 5.97 Å². The van der Waals surface area contributed by atoms with Crippen molar-refractivity contribution >= 4 is 37.7 Å². The van der Waals surface area contributed by atoms with E-state index in [1.165, 1.54) is 24.5 Å². The van der Waals surface area contributed by atoms with E-state index in [-0.39, 0.29) is 11.2 Å². The first-order chi connectivity index (χ1) is 8.70. The van der Waals surface area contributed by atoms with Crippen molar-refractivity contribution in [3.8, 4) is 0 Å². The highest BCUT2D eigenvalue weighted by Gasteiger charge is 2.16. The van der Waals surface area contributed by atoms with Gasteiger partial charge in [0.15, 0.2) is 10.3 Å². The third-order valence-electron chi connectivity index (χ3n) is 2.66. The summed E-state index contributed by atoms with van der Waals surface area (Å²) >= 11 is 1.34. The highest BCUT2D eigenvalue weighted by molar-refractivity contribution is 7.24. The van der Waals surface area contributed by atoms with E-state index in [4.69, 9.17) is 4.42 Å². The molecule has 2 heterocycles. The van der Waals surface area contributed by atoms with E-state index in [9.17, 15) is 9.59 Å². The van der Waals surface area contributed by atoms with Crippen LogP contribution in [-0.2, 0) is 4.74 Å². The van der Waals surface area contributed by atoms with Gasteiger partial charge in [-0.25, -0.2) is 4.79 Å². The molecule has 2 aromatic heterocycles. The lowest BCUT2D eigenvalue weighted by atomic mass is 10.2. The fourth-order valence-electron chi connectivity index (χ4n) is 1.80. The van der Waals surface area contributed by atoms with E-state index in [1.807, 2.05) is 18.2 Å². The van der Waals surface area contributed by atoms with Gasteiger partial charge in [-0.05, 0) is 12.1 Å². The molecular formula is C13H8O4S. The smallest absolute Gasteiger partial charge is 0.374 e. The monoisotopic (exact) mass is 260 g/mol. The first-order valence-electron chi connectivity index (χ1n) is 5.24. The van der Waals surface area contributed by atoms with Crippen molar-refractivity contribution in [2.45, 2.75) is 0 Å². The zero-order valence-corrected chi connectivity index (χ0v) is 10.2. The quantitative estimate of drug-likeness (QED) is 0.631. The summed E-state index contributed by atoms with van der Waals surface area (Å²) in [6.45, 7) is 0. The Hall–Kier alpha value is -2.14. The van der Waals surface area contributed by atoms with Gasteiger partial charge in [0.25, 0.3) is 0 Å². The van der Waals surface area contributed by atoms with Crippen molar-refractivity contribution in [2.24, 2.45) is 0 Å². The minimum Gasteiger partial charge on any atom is -0.463 e. The average molecular weight is 260 g/mol. The van der Waals surface area contributed by atoms with E-state index in [0.717, 1.165) is 4.70 Å². The molecule has 18 heavy (non-hydrogen) atoms. The molecule has 5 heteroatoms. The first kappa shape index (κ1) is 11.0. The highest BCUT2D eigenvalue weighted by atomic mass is 32.1. The Kier molecular flexibility index (Phi) is 2.41. The summed E-state index contributed by atoms with van der Waals surface area (Å²) in [4.78, 5) is 24.0. The molecular weight excluding hydrogens is 252 g/mol. The lowest BCUT2D eigenvalue weighted by Gasteiger charge is -1.94. The van der Waals surface area contributed by atoms with Crippen LogP contribution in [0.3, 0.4) is 0 Å². The van der Waals surface area contributed by atoms with Crippen molar-refractivity contribution in [1.29, 1.82) is 0 Å². The predicted molar refractivity (Wildman–Crippen MR) is 69.2 cm³/mol. The van der Waals surface area contributed by atoms with Gasteiger partial charge in [0, 0.05) is 16.2 Å². The Balaban J connectivity index is 2.40. The lowest BCUT2D eigenvalue weighted by Crippen LogP contribution is -2.00. The molecule has 4 nitrogen and oxygen atoms in total. The van der Waals surface area contributed by atoms with Gasteiger partial charge in [-0.15, -0.1) is 0 Å². The molecule has 0 unspecified atom stereocenters. The second-order valence-corrected chi connectivity index (χ2v) is 4.75. The average Bonchev–Trinajstić information content (AvgIpc) is 2.82. The predicted octanol–water partition coefficient (Wildman–Crippen LogP) is 2.79. The third kappa shape index (κ3) is 1.52. The fourth-order valence-corrected chi connectivity index (χ4v) is 2.81. The van der Waals surface area contributed by atoms with Crippen LogP contribution in [0.4, 0.5) is 0 Å². The molecule has 0 N–H and O–H groups in total. The maximum atomic E-state index is 12.2. The van der Waals surface area contributed by atoms with E-state index in [1.54, 1.807) is 6.07 Å². The van der Waals surface area contributed by atoms with E-state index >= 15 is 0 Å². The van der Waals surface area contributed by atoms with Gasteiger partial charge in [-0.2, -0.15) is 0 Å². The normalized spacial score (nSPS) is 10.9. The number of carbonyl (C=O) groups is 1. The van der Waals surface area contributed by atoms with Crippen LogP contribution in [0.5, 0.6) is 0 Å². The second kappa shape index (κ2) is 3.96. The summed E-state index contributed by atoms with van der Waals surface area (Å²) in [5.41, 5.74) is -0.127. The lowest BCUT2D eigenvalue weighted by molar-refractivity contribution is 0.0568. The van der Waals surface area contributed by atoms with Crippen molar-refractivity contribution in [3.63, 3.8) is 0 Å². The first-order valence-corrected chi connectivity index (χ1v) is 6.06. The largest absolute Gasteiger partial charge is 0.463 e. The number of ether oxygens (including phenoxy) is 1. The standard InChI is InChI=1S/C13H8O4S/c1-16-12(15)9-6-8-11(14)7-4-2-3-5-10(7)18-13(8)17-9/h2-6H,1H3. The molecule has 0 spiro atoms. The number of methoxy groups -OCH3 is 1. The number of esters is 1. The summed E-state index contributed by atoms with van der Waals surface area (Å²) in [7, 11) is 1.27. The number of benzene rings is 1.